The van der Waals surface area contributed by atoms with E-state index in [1.807, 2.05) is 0 Å². The Hall–Kier alpha value is -1.63. The van der Waals surface area contributed by atoms with Crippen LogP contribution in [0.15, 0.2) is 0 Å². The van der Waals surface area contributed by atoms with Crippen molar-refractivity contribution < 1.29 is 24.2 Å². The Morgan fingerprint density at radius 1 is 1.30 bits per heavy atom. The Bertz CT molecular complexity index is 394. The van der Waals surface area contributed by atoms with Crippen LogP contribution in [0.1, 0.15) is 33.6 Å². The molecule has 1 saturated heterocycles. The van der Waals surface area contributed by atoms with Crippen molar-refractivity contribution in [3.05, 3.63) is 0 Å². The van der Waals surface area contributed by atoms with Crippen molar-refractivity contribution in [2.75, 3.05) is 19.8 Å². The summed E-state index contributed by atoms with van der Waals surface area (Å²) in [6.07, 6.45) is 0.291. The van der Waals surface area contributed by atoms with E-state index in [0.717, 1.165) is 0 Å². The predicted molar refractivity (Wildman–Crippen MR) is 71.0 cm³/mol. The number of amides is 2. The first-order valence-electron chi connectivity index (χ1n) is 6.58. The summed E-state index contributed by atoms with van der Waals surface area (Å²) in [5.41, 5.74) is -1.84. The van der Waals surface area contributed by atoms with Crippen LogP contribution in [-0.4, -0.2) is 48.2 Å². The lowest BCUT2D eigenvalue weighted by Gasteiger charge is -2.24. The zero-order valence-electron chi connectivity index (χ0n) is 12.1. The van der Waals surface area contributed by atoms with Crippen LogP contribution in [0.25, 0.3) is 0 Å². The molecule has 0 aromatic rings. The second-order valence-electron chi connectivity index (χ2n) is 5.99. The molecule has 0 radical (unpaired) electrons. The van der Waals surface area contributed by atoms with Crippen molar-refractivity contribution in [1.29, 1.82) is 0 Å². The molecule has 7 heteroatoms. The molecule has 1 heterocycles. The lowest BCUT2D eigenvalue weighted by Crippen LogP contribution is -2.55. The maximum atomic E-state index is 11.8. The molecule has 1 unspecified atom stereocenters. The molecule has 3 N–H and O–H groups in total. The third-order valence-electron chi connectivity index (χ3n) is 3.13. The van der Waals surface area contributed by atoms with Gasteiger partial charge in [-0.3, -0.25) is 9.59 Å². The Kier molecular flexibility index (Phi) is 5.10. The molecule has 0 saturated carbocycles. The van der Waals surface area contributed by atoms with Gasteiger partial charge in [0.1, 0.15) is 0 Å². The molecule has 2 amide bonds. The van der Waals surface area contributed by atoms with Crippen molar-refractivity contribution in [3.63, 3.8) is 0 Å². The van der Waals surface area contributed by atoms with E-state index >= 15 is 0 Å². The van der Waals surface area contributed by atoms with Gasteiger partial charge in [0.2, 0.25) is 11.8 Å². The van der Waals surface area contributed by atoms with E-state index in [1.165, 1.54) is 0 Å². The first-order chi connectivity index (χ1) is 9.17. The van der Waals surface area contributed by atoms with E-state index in [4.69, 9.17) is 9.84 Å². The van der Waals surface area contributed by atoms with Gasteiger partial charge in [-0.15, -0.1) is 0 Å². The van der Waals surface area contributed by atoms with Gasteiger partial charge < -0.3 is 20.5 Å². The van der Waals surface area contributed by atoms with E-state index in [0.29, 0.717) is 6.61 Å². The van der Waals surface area contributed by atoms with Crippen LogP contribution in [0.4, 0.5) is 0 Å². The van der Waals surface area contributed by atoms with Gasteiger partial charge in [0.05, 0.1) is 6.61 Å². The SMILES string of the molecule is CC(C)(C)C(=O)NCCC(=O)NC1(C(=O)O)CCOC1. The molecule has 1 aliphatic rings. The molecule has 1 fully saturated rings. The van der Waals surface area contributed by atoms with Gasteiger partial charge in [0.25, 0.3) is 0 Å². The highest BCUT2D eigenvalue weighted by Gasteiger charge is 2.43. The van der Waals surface area contributed by atoms with Crippen LogP contribution < -0.4 is 10.6 Å². The fraction of sp³-hybridized carbons (Fsp3) is 0.769. The Labute approximate surface area is 118 Å². The summed E-state index contributed by atoms with van der Waals surface area (Å²) >= 11 is 0. The average Bonchev–Trinajstić information content (AvgIpc) is 2.77. The molecule has 1 aliphatic heterocycles. The lowest BCUT2D eigenvalue weighted by molar-refractivity contribution is -0.147. The Balaban J connectivity index is 2.40. The van der Waals surface area contributed by atoms with E-state index in [2.05, 4.69) is 10.6 Å². The molecule has 0 aromatic heterocycles. The number of hydrogen-bond acceptors (Lipinski definition) is 4. The van der Waals surface area contributed by atoms with Gasteiger partial charge in [0, 0.05) is 31.4 Å². The number of carbonyl (C=O) groups is 3. The summed E-state index contributed by atoms with van der Waals surface area (Å²) in [5, 5.41) is 14.3. The Morgan fingerprint density at radius 2 is 1.95 bits per heavy atom. The molecule has 1 atom stereocenters. The van der Waals surface area contributed by atoms with Crippen molar-refractivity contribution in [3.8, 4) is 0 Å². The number of hydrogen-bond donors (Lipinski definition) is 3. The summed E-state index contributed by atoms with van der Waals surface area (Å²) in [7, 11) is 0. The van der Waals surface area contributed by atoms with Crippen LogP contribution in [0.5, 0.6) is 0 Å². The zero-order chi connectivity index (χ0) is 15.4. The fourth-order valence-electron chi connectivity index (χ4n) is 1.77. The van der Waals surface area contributed by atoms with Crippen molar-refractivity contribution >= 4 is 17.8 Å². The second-order valence-corrected chi connectivity index (χ2v) is 5.99. The third-order valence-corrected chi connectivity index (χ3v) is 3.13. The van der Waals surface area contributed by atoms with Gasteiger partial charge in [-0.25, -0.2) is 4.79 Å². The molecule has 7 nitrogen and oxygen atoms in total. The average molecular weight is 286 g/mol. The molecule has 0 aromatic carbocycles. The molecule has 0 spiro atoms. The van der Waals surface area contributed by atoms with Crippen molar-refractivity contribution in [1.82, 2.24) is 10.6 Å². The van der Waals surface area contributed by atoms with E-state index in [-0.39, 0.29) is 31.9 Å². The monoisotopic (exact) mass is 286 g/mol. The van der Waals surface area contributed by atoms with Gasteiger partial charge in [0.15, 0.2) is 5.54 Å². The van der Waals surface area contributed by atoms with Crippen LogP contribution >= 0.6 is 0 Å². The number of rotatable bonds is 5. The maximum absolute atomic E-state index is 11.8. The Morgan fingerprint density at radius 3 is 2.40 bits per heavy atom. The number of carboxylic acid groups (broad SMARTS) is 1. The van der Waals surface area contributed by atoms with Gasteiger partial charge >= 0.3 is 5.97 Å². The van der Waals surface area contributed by atoms with Crippen LogP contribution in [0, 0.1) is 5.41 Å². The normalized spacial score (nSPS) is 22.4. The molecule has 0 bridgehead atoms. The fourth-order valence-corrected chi connectivity index (χ4v) is 1.77. The van der Waals surface area contributed by atoms with E-state index in [9.17, 15) is 14.4 Å². The summed E-state index contributed by atoms with van der Waals surface area (Å²) in [6.45, 7) is 5.79. The second kappa shape index (κ2) is 6.21. The van der Waals surface area contributed by atoms with Crippen LogP contribution in [0.2, 0.25) is 0 Å². The molecular weight excluding hydrogens is 264 g/mol. The smallest absolute Gasteiger partial charge is 0.331 e. The molecular formula is C13H22N2O5. The number of carboxylic acids is 1. The lowest BCUT2D eigenvalue weighted by atomic mass is 9.95. The van der Waals surface area contributed by atoms with Crippen LogP contribution in [-0.2, 0) is 19.1 Å². The minimum Gasteiger partial charge on any atom is -0.479 e. The standard InChI is InChI=1S/C13H22N2O5/c1-12(2,3)10(17)14-6-4-9(16)15-13(11(18)19)5-7-20-8-13/h4-8H2,1-3H3,(H,14,17)(H,15,16)(H,18,19). The largest absolute Gasteiger partial charge is 0.479 e. The quantitative estimate of drug-likeness (QED) is 0.654. The van der Waals surface area contributed by atoms with Crippen molar-refractivity contribution in [2.45, 2.75) is 39.2 Å². The summed E-state index contributed by atoms with van der Waals surface area (Å²) < 4.78 is 5.04. The van der Waals surface area contributed by atoms with Gasteiger partial charge in [-0.2, -0.15) is 0 Å². The van der Waals surface area contributed by atoms with Crippen LogP contribution in [0.3, 0.4) is 0 Å². The van der Waals surface area contributed by atoms with Gasteiger partial charge in [-0.05, 0) is 0 Å². The minimum atomic E-state index is -1.33. The number of carbonyl (C=O) groups excluding carboxylic acids is 2. The number of ether oxygens (including phenoxy) is 1. The van der Waals surface area contributed by atoms with E-state index in [1.54, 1.807) is 20.8 Å². The number of aliphatic carboxylic acids is 1. The highest BCUT2D eigenvalue weighted by atomic mass is 16.5. The zero-order valence-corrected chi connectivity index (χ0v) is 12.1. The highest BCUT2D eigenvalue weighted by molar-refractivity contribution is 5.88. The maximum Gasteiger partial charge on any atom is 0.331 e. The molecule has 0 aliphatic carbocycles. The number of nitrogens with one attached hydrogen (secondary N) is 2. The minimum absolute atomic E-state index is 0.0254. The summed E-state index contributed by atoms with van der Waals surface area (Å²) in [4.78, 5) is 34.6. The highest BCUT2D eigenvalue weighted by Crippen LogP contribution is 2.19. The topological polar surface area (TPSA) is 105 Å². The van der Waals surface area contributed by atoms with Gasteiger partial charge in [-0.1, -0.05) is 20.8 Å². The summed E-state index contributed by atoms with van der Waals surface area (Å²) in [6, 6.07) is 0. The molecule has 114 valence electrons. The molecule has 1 rings (SSSR count). The molecule has 20 heavy (non-hydrogen) atoms. The predicted octanol–water partition coefficient (Wildman–Crippen LogP) is -0.101. The first-order valence-corrected chi connectivity index (χ1v) is 6.58. The van der Waals surface area contributed by atoms with Crippen molar-refractivity contribution in [2.24, 2.45) is 5.41 Å². The summed E-state index contributed by atoms with van der Waals surface area (Å²) in [5.74, 6) is -1.66. The third kappa shape index (κ3) is 4.19. The van der Waals surface area contributed by atoms with E-state index < -0.39 is 22.8 Å². The first kappa shape index (κ1) is 16.4.